The number of amides is 1. The molecule has 8 nitrogen and oxygen atoms in total. The number of hydrogen-bond acceptors (Lipinski definition) is 5. The number of carbonyl (C=O) groups excluding carboxylic acids is 1. The van der Waals surface area contributed by atoms with Crippen molar-refractivity contribution in [2.75, 3.05) is 46.5 Å². The van der Waals surface area contributed by atoms with E-state index >= 15 is 0 Å². The molecule has 9 heteroatoms. The third kappa shape index (κ3) is 4.93. The molecule has 28 heavy (non-hydrogen) atoms. The molecule has 1 fully saturated rings. The van der Waals surface area contributed by atoms with Crippen LogP contribution in [0.5, 0.6) is 5.75 Å². The highest BCUT2D eigenvalue weighted by Gasteiger charge is 2.18. The van der Waals surface area contributed by atoms with Gasteiger partial charge < -0.3 is 19.7 Å². The zero-order valence-electron chi connectivity index (χ0n) is 15.7. The maximum Gasteiger partial charge on any atom is 0.275 e. The monoisotopic (exact) mass is 391 g/mol. The fraction of sp³-hybridized carbons (Fsp3) is 0.421. The van der Waals surface area contributed by atoms with Crippen LogP contribution in [-0.2, 0) is 4.74 Å². The van der Waals surface area contributed by atoms with Crippen molar-refractivity contribution in [1.29, 1.82) is 0 Å². The fourth-order valence-electron chi connectivity index (χ4n) is 3.05. The first-order chi connectivity index (χ1) is 13.6. The fourth-order valence-corrected chi connectivity index (χ4v) is 3.05. The number of halogens is 1. The molecule has 150 valence electrons. The van der Waals surface area contributed by atoms with Gasteiger partial charge in [-0.05, 0) is 24.3 Å². The van der Waals surface area contributed by atoms with Crippen LogP contribution in [0.3, 0.4) is 0 Å². The number of rotatable bonds is 7. The van der Waals surface area contributed by atoms with E-state index in [2.05, 4.69) is 10.4 Å². The number of hydrogen-bond donors (Lipinski definition) is 2. The van der Waals surface area contributed by atoms with E-state index in [1.807, 2.05) is 0 Å². The van der Waals surface area contributed by atoms with Crippen molar-refractivity contribution in [2.24, 2.45) is 0 Å². The molecule has 1 aliphatic heterocycles. The number of nitrogens with zero attached hydrogens (tertiary/aromatic N) is 2. The van der Waals surface area contributed by atoms with Crippen LogP contribution in [-0.4, -0.2) is 62.2 Å². The van der Waals surface area contributed by atoms with Gasteiger partial charge >= 0.3 is 0 Å². The Labute approximate surface area is 161 Å². The van der Waals surface area contributed by atoms with Crippen LogP contribution in [0.2, 0.25) is 0 Å². The lowest BCUT2D eigenvalue weighted by Crippen LogP contribution is -3.14. The highest BCUT2D eigenvalue weighted by Crippen LogP contribution is 2.14. The molecule has 1 amide bonds. The Morgan fingerprint density at radius 2 is 2.04 bits per heavy atom. The molecule has 0 aliphatic carbocycles. The number of quaternary nitrogens is 1. The van der Waals surface area contributed by atoms with Gasteiger partial charge in [-0.15, -0.1) is 0 Å². The number of nitrogens with one attached hydrogen (secondary N) is 2. The molecular weight excluding hydrogens is 367 g/mol. The standard InChI is InChI=1S/C19H23FN4O4/c1-27-16-13-17(25)24(15-5-3-14(20)4-6-15)22-18(16)19(26)21-7-2-8-23-9-11-28-12-10-23/h3-6,13H,2,7-12H2,1H3,(H,21,26)/p+1. The van der Waals surface area contributed by atoms with E-state index in [4.69, 9.17) is 9.47 Å². The number of benzene rings is 1. The van der Waals surface area contributed by atoms with Crippen LogP contribution in [0, 0.1) is 5.82 Å². The minimum Gasteiger partial charge on any atom is -0.494 e. The van der Waals surface area contributed by atoms with Gasteiger partial charge in [0.1, 0.15) is 18.9 Å². The first-order valence-electron chi connectivity index (χ1n) is 9.22. The number of morpholine rings is 1. The van der Waals surface area contributed by atoms with Gasteiger partial charge in [-0.1, -0.05) is 0 Å². The van der Waals surface area contributed by atoms with Crippen molar-refractivity contribution < 1.29 is 23.6 Å². The van der Waals surface area contributed by atoms with Crippen LogP contribution in [0.4, 0.5) is 4.39 Å². The Kier molecular flexibility index (Phi) is 6.72. The smallest absolute Gasteiger partial charge is 0.275 e. The summed E-state index contributed by atoms with van der Waals surface area (Å²) in [6.45, 7) is 4.94. The summed E-state index contributed by atoms with van der Waals surface area (Å²) in [5.41, 5.74) is -0.111. The minimum atomic E-state index is -0.476. The van der Waals surface area contributed by atoms with E-state index in [0.717, 1.165) is 44.0 Å². The molecule has 1 aromatic carbocycles. The highest BCUT2D eigenvalue weighted by molar-refractivity contribution is 5.94. The minimum absolute atomic E-state index is 0.00476. The normalized spacial score (nSPS) is 14.6. The van der Waals surface area contributed by atoms with Crippen LogP contribution >= 0.6 is 0 Å². The molecule has 2 N–H and O–H groups in total. The van der Waals surface area contributed by atoms with Crippen LogP contribution in [0.15, 0.2) is 35.1 Å². The second-order valence-electron chi connectivity index (χ2n) is 6.51. The largest absolute Gasteiger partial charge is 0.494 e. The summed E-state index contributed by atoms with van der Waals surface area (Å²) in [4.78, 5) is 26.3. The van der Waals surface area contributed by atoms with Crippen LogP contribution < -0.4 is 20.5 Å². The number of methoxy groups -OCH3 is 1. The molecule has 2 aromatic rings. The molecule has 0 atom stereocenters. The first kappa shape index (κ1) is 20.0. The van der Waals surface area contributed by atoms with Gasteiger partial charge in [-0.2, -0.15) is 9.78 Å². The third-order valence-electron chi connectivity index (χ3n) is 4.60. The number of carbonyl (C=O) groups is 1. The quantitative estimate of drug-likeness (QED) is 0.617. The number of aromatic nitrogens is 2. The van der Waals surface area contributed by atoms with E-state index in [9.17, 15) is 14.0 Å². The Morgan fingerprint density at radius 3 is 2.71 bits per heavy atom. The summed E-state index contributed by atoms with van der Waals surface area (Å²) in [7, 11) is 1.37. The zero-order valence-corrected chi connectivity index (χ0v) is 15.7. The molecule has 1 saturated heterocycles. The molecule has 0 spiro atoms. The van der Waals surface area contributed by atoms with E-state index in [1.165, 1.54) is 42.3 Å². The van der Waals surface area contributed by atoms with Crippen LogP contribution in [0.1, 0.15) is 16.9 Å². The Morgan fingerprint density at radius 1 is 1.32 bits per heavy atom. The van der Waals surface area contributed by atoms with Crippen molar-refractivity contribution in [3.05, 3.63) is 52.2 Å². The lowest BCUT2D eigenvalue weighted by atomic mass is 10.3. The molecule has 0 saturated carbocycles. The van der Waals surface area contributed by atoms with Crippen molar-refractivity contribution in [3.63, 3.8) is 0 Å². The van der Waals surface area contributed by atoms with E-state index in [1.54, 1.807) is 0 Å². The summed E-state index contributed by atoms with van der Waals surface area (Å²) in [5.74, 6) is -0.755. The second kappa shape index (κ2) is 9.43. The summed E-state index contributed by atoms with van der Waals surface area (Å²) < 4.78 is 24.7. The van der Waals surface area contributed by atoms with E-state index in [-0.39, 0.29) is 11.4 Å². The molecule has 0 radical (unpaired) electrons. The predicted octanol–water partition coefficient (Wildman–Crippen LogP) is -0.585. The average molecular weight is 391 g/mol. The Bertz CT molecular complexity index is 863. The second-order valence-corrected chi connectivity index (χ2v) is 6.51. The lowest BCUT2D eigenvalue weighted by Gasteiger charge is -2.23. The number of ether oxygens (including phenoxy) is 2. The average Bonchev–Trinajstić information content (AvgIpc) is 2.72. The summed E-state index contributed by atoms with van der Waals surface area (Å²) >= 11 is 0. The highest BCUT2D eigenvalue weighted by atomic mass is 19.1. The van der Waals surface area contributed by atoms with Gasteiger partial charge in [-0.3, -0.25) is 9.59 Å². The third-order valence-corrected chi connectivity index (χ3v) is 4.60. The maximum atomic E-state index is 13.1. The topological polar surface area (TPSA) is 86.9 Å². The zero-order chi connectivity index (χ0) is 19.9. The predicted molar refractivity (Wildman–Crippen MR) is 99.7 cm³/mol. The molecule has 3 rings (SSSR count). The molecule has 2 heterocycles. The van der Waals surface area contributed by atoms with Gasteiger partial charge in [0.2, 0.25) is 0 Å². The summed E-state index contributed by atoms with van der Waals surface area (Å²) in [5, 5.41) is 6.95. The lowest BCUT2D eigenvalue weighted by molar-refractivity contribution is -0.908. The van der Waals surface area contributed by atoms with Crippen molar-refractivity contribution >= 4 is 5.91 Å². The van der Waals surface area contributed by atoms with Crippen molar-refractivity contribution in [3.8, 4) is 11.4 Å². The SMILES string of the molecule is COc1cc(=O)n(-c2ccc(F)cc2)nc1C(=O)NCCC[NH+]1CCOCC1. The van der Waals surface area contributed by atoms with Gasteiger partial charge in [0.05, 0.1) is 38.6 Å². The first-order valence-corrected chi connectivity index (χ1v) is 9.22. The van der Waals surface area contributed by atoms with E-state index in [0.29, 0.717) is 12.2 Å². The van der Waals surface area contributed by atoms with Crippen LogP contribution in [0.25, 0.3) is 5.69 Å². The molecule has 1 aromatic heterocycles. The summed E-state index contributed by atoms with van der Waals surface area (Å²) in [6, 6.07) is 6.48. The van der Waals surface area contributed by atoms with Gasteiger partial charge in [0, 0.05) is 13.0 Å². The molecule has 0 bridgehead atoms. The molecule has 1 aliphatic rings. The van der Waals surface area contributed by atoms with Gasteiger partial charge in [0.15, 0.2) is 11.4 Å². The van der Waals surface area contributed by atoms with Crippen molar-refractivity contribution in [1.82, 2.24) is 15.1 Å². The Hall–Kier alpha value is -2.78. The Balaban J connectivity index is 1.68. The van der Waals surface area contributed by atoms with Gasteiger partial charge in [-0.25, -0.2) is 4.39 Å². The molecule has 0 unspecified atom stereocenters. The summed E-state index contributed by atoms with van der Waals surface area (Å²) in [6.07, 6.45) is 0.820. The molecular formula is C19H24FN4O4+. The maximum absolute atomic E-state index is 13.1. The van der Waals surface area contributed by atoms with Gasteiger partial charge in [0.25, 0.3) is 11.5 Å². The van der Waals surface area contributed by atoms with E-state index < -0.39 is 17.3 Å². The van der Waals surface area contributed by atoms with Crippen molar-refractivity contribution in [2.45, 2.75) is 6.42 Å².